The van der Waals surface area contributed by atoms with Crippen molar-refractivity contribution in [2.75, 3.05) is 36.5 Å². The molecule has 0 aliphatic carbocycles. The Kier molecular flexibility index (Phi) is 6.16. The van der Waals surface area contributed by atoms with Crippen LogP contribution in [0.3, 0.4) is 0 Å². The summed E-state index contributed by atoms with van der Waals surface area (Å²) in [6, 6.07) is 18.0. The average molecular weight is 424 g/mol. The molecular formula is C23H22ClN3O3. The van der Waals surface area contributed by atoms with Gasteiger partial charge >= 0.3 is 0 Å². The largest absolute Gasteiger partial charge is 0.378 e. The molecule has 6 nitrogen and oxygen atoms in total. The summed E-state index contributed by atoms with van der Waals surface area (Å²) in [4.78, 5) is 27.2. The third-order valence-electron chi connectivity index (χ3n) is 5.05. The van der Waals surface area contributed by atoms with Crippen LogP contribution in [0.15, 0.2) is 71.7 Å². The van der Waals surface area contributed by atoms with E-state index in [0.717, 1.165) is 37.6 Å². The molecule has 0 spiro atoms. The van der Waals surface area contributed by atoms with Crippen molar-refractivity contribution in [2.45, 2.75) is 6.54 Å². The van der Waals surface area contributed by atoms with Crippen LogP contribution in [0.25, 0.3) is 0 Å². The molecule has 3 aromatic rings. The van der Waals surface area contributed by atoms with Gasteiger partial charge in [0.25, 0.3) is 11.5 Å². The maximum Gasteiger partial charge on any atom is 0.257 e. The minimum absolute atomic E-state index is 0.193. The zero-order valence-electron chi connectivity index (χ0n) is 16.4. The lowest BCUT2D eigenvalue weighted by Crippen LogP contribution is -2.36. The summed E-state index contributed by atoms with van der Waals surface area (Å²) in [5.41, 5.74) is 2.82. The summed E-state index contributed by atoms with van der Waals surface area (Å²) >= 11 is 6.20. The molecule has 0 unspecified atom stereocenters. The molecular weight excluding hydrogens is 402 g/mol. The number of morpholine rings is 1. The van der Waals surface area contributed by atoms with Gasteiger partial charge < -0.3 is 19.5 Å². The van der Waals surface area contributed by atoms with Gasteiger partial charge in [0, 0.05) is 41.8 Å². The lowest BCUT2D eigenvalue weighted by Gasteiger charge is -2.28. The molecule has 1 N–H and O–H groups in total. The van der Waals surface area contributed by atoms with E-state index in [2.05, 4.69) is 10.2 Å². The van der Waals surface area contributed by atoms with Crippen molar-refractivity contribution >= 4 is 28.9 Å². The first-order valence-corrected chi connectivity index (χ1v) is 10.2. The molecule has 1 fully saturated rings. The first-order chi connectivity index (χ1) is 14.6. The molecule has 30 heavy (non-hydrogen) atoms. The van der Waals surface area contributed by atoms with Gasteiger partial charge in [0.15, 0.2) is 0 Å². The second kappa shape index (κ2) is 9.15. The molecule has 154 valence electrons. The molecule has 1 amide bonds. The molecule has 2 aromatic carbocycles. The highest BCUT2D eigenvalue weighted by Gasteiger charge is 2.12. The van der Waals surface area contributed by atoms with Crippen molar-refractivity contribution in [3.05, 3.63) is 93.4 Å². The molecule has 1 aromatic heterocycles. The second-order valence-electron chi connectivity index (χ2n) is 7.08. The number of hydrogen-bond donors (Lipinski definition) is 1. The van der Waals surface area contributed by atoms with Gasteiger partial charge in [-0.1, -0.05) is 29.8 Å². The van der Waals surface area contributed by atoms with Crippen LogP contribution in [0, 0.1) is 0 Å². The summed E-state index contributed by atoms with van der Waals surface area (Å²) < 4.78 is 6.86. The van der Waals surface area contributed by atoms with E-state index >= 15 is 0 Å². The Morgan fingerprint density at radius 2 is 1.73 bits per heavy atom. The number of carbonyl (C=O) groups excluding carboxylic acids is 1. The van der Waals surface area contributed by atoms with Crippen LogP contribution in [0.2, 0.25) is 5.02 Å². The van der Waals surface area contributed by atoms with E-state index in [4.69, 9.17) is 16.3 Å². The van der Waals surface area contributed by atoms with Crippen molar-refractivity contribution in [2.24, 2.45) is 0 Å². The number of nitrogens with one attached hydrogen (secondary N) is 1. The zero-order valence-corrected chi connectivity index (χ0v) is 17.1. The van der Waals surface area contributed by atoms with Crippen LogP contribution < -0.4 is 15.8 Å². The van der Waals surface area contributed by atoms with Crippen LogP contribution in [0.4, 0.5) is 11.4 Å². The fraction of sp³-hybridized carbons (Fsp3) is 0.217. The Bertz CT molecular complexity index is 1090. The van der Waals surface area contributed by atoms with Crippen molar-refractivity contribution in [3.63, 3.8) is 0 Å². The lowest BCUT2D eigenvalue weighted by molar-refractivity contribution is 0.102. The molecule has 0 bridgehead atoms. The Labute approximate surface area is 179 Å². The maximum absolute atomic E-state index is 12.7. The van der Waals surface area contributed by atoms with E-state index in [1.165, 1.54) is 16.7 Å². The highest BCUT2D eigenvalue weighted by atomic mass is 35.5. The second-order valence-corrected chi connectivity index (χ2v) is 7.48. The number of rotatable bonds is 5. The van der Waals surface area contributed by atoms with Crippen molar-refractivity contribution < 1.29 is 9.53 Å². The Morgan fingerprint density at radius 3 is 2.47 bits per heavy atom. The summed E-state index contributed by atoms with van der Waals surface area (Å²) in [6.45, 7) is 3.47. The highest BCUT2D eigenvalue weighted by molar-refractivity contribution is 6.31. The average Bonchev–Trinajstić information content (AvgIpc) is 2.78. The van der Waals surface area contributed by atoms with Gasteiger partial charge in [0.2, 0.25) is 0 Å². The standard InChI is InChI=1S/C23H22ClN3O3/c24-21-4-2-1-3-17(21)15-27-16-18(5-10-22(27)28)23(29)25-19-6-8-20(9-7-19)26-11-13-30-14-12-26/h1-10,16H,11-15H2,(H,25,29). The highest BCUT2D eigenvalue weighted by Crippen LogP contribution is 2.20. The topological polar surface area (TPSA) is 63.6 Å². The van der Waals surface area contributed by atoms with E-state index in [1.807, 2.05) is 42.5 Å². The van der Waals surface area contributed by atoms with Crippen molar-refractivity contribution in [3.8, 4) is 0 Å². The van der Waals surface area contributed by atoms with Gasteiger partial charge in [-0.3, -0.25) is 9.59 Å². The summed E-state index contributed by atoms with van der Waals surface area (Å²) in [7, 11) is 0. The number of pyridine rings is 1. The summed E-state index contributed by atoms with van der Waals surface area (Å²) in [6.07, 6.45) is 1.56. The Balaban J connectivity index is 1.47. The zero-order chi connectivity index (χ0) is 20.9. The quantitative estimate of drug-likeness (QED) is 0.680. The number of benzene rings is 2. The maximum atomic E-state index is 12.7. The van der Waals surface area contributed by atoms with E-state index < -0.39 is 0 Å². The van der Waals surface area contributed by atoms with Crippen molar-refractivity contribution in [1.82, 2.24) is 4.57 Å². The smallest absolute Gasteiger partial charge is 0.257 e. The first-order valence-electron chi connectivity index (χ1n) is 9.78. The fourth-order valence-corrected chi connectivity index (χ4v) is 3.58. The van der Waals surface area contributed by atoms with Gasteiger partial charge in [0.05, 0.1) is 25.3 Å². The monoisotopic (exact) mass is 423 g/mol. The molecule has 0 atom stereocenters. The molecule has 0 saturated carbocycles. The van der Waals surface area contributed by atoms with Gasteiger partial charge in [-0.05, 0) is 42.0 Å². The van der Waals surface area contributed by atoms with E-state index in [0.29, 0.717) is 22.8 Å². The number of amides is 1. The number of nitrogens with zero attached hydrogens (tertiary/aromatic N) is 2. The molecule has 1 saturated heterocycles. The van der Waals surface area contributed by atoms with Gasteiger partial charge in [-0.2, -0.15) is 0 Å². The summed E-state index contributed by atoms with van der Waals surface area (Å²) in [5, 5.41) is 3.47. The molecule has 7 heteroatoms. The van der Waals surface area contributed by atoms with E-state index in [-0.39, 0.29) is 11.5 Å². The summed E-state index contributed by atoms with van der Waals surface area (Å²) in [5.74, 6) is -0.276. The minimum atomic E-state index is -0.276. The van der Waals surface area contributed by atoms with Gasteiger partial charge in [-0.25, -0.2) is 0 Å². The Morgan fingerprint density at radius 1 is 1.00 bits per heavy atom. The number of halogens is 1. The van der Waals surface area contributed by atoms with Gasteiger partial charge in [-0.15, -0.1) is 0 Å². The van der Waals surface area contributed by atoms with Crippen LogP contribution in [-0.4, -0.2) is 36.8 Å². The minimum Gasteiger partial charge on any atom is -0.378 e. The normalized spacial score (nSPS) is 13.8. The molecule has 0 radical (unpaired) electrons. The molecule has 1 aliphatic rings. The first kappa shape index (κ1) is 20.2. The number of aromatic nitrogens is 1. The van der Waals surface area contributed by atoms with Crippen LogP contribution in [0.5, 0.6) is 0 Å². The predicted octanol–water partition coefficient (Wildman–Crippen LogP) is 3.64. The van der Waals surface area contributed by atoms with Crippen LogP contribution >= 0.6 is 11.6 Å². The molecule has 1 aliphatic heterocycles. The van der Waals surface area contributed by atoms with Crippen LogP contribution in [-0.2, 0) is 11.3 Å². The van der Waals surface area contributed by atoms with E-state index in [9.17, 15) is 9.59 Å². The van der Waals surface area contributed by atoms with E-state index in [1.54, 1.807) is 12.3 Å². The lowest BCUT2D eigenvalue weighted by atomic mass is 10.2. The molecule has 2 heterocycles. The van der Waals surface area contributed by atoms with Crippen molar-refractivity contribution in [1.29, 1.82) is 0 Å². The van der Waals surface area contributed by atoms with Crippen LogP contribution in [0.1, 0.15) is 15.9 Å². The SMILES string of the molecule is O=C(Nc1ccc(N2CCOCC2)cc1)c1ccc(=O)n(Cc2ccccc2Cl)c1. The number of hydrogen-bond acceptors (Lipinski definition) is 4. The fourth-order valence-electron chi connectivity index (χ4n) is 3.38. The Hall–Kier alpha value is -3.09. The molecule has 4 rings (SSSR count). The number of ether oxygens (including phenoxy) is 1. The number of carbonyl (C=O) groups is 1. The number of anilines is 2. The third-order valence-corrected chi connectivity index (χ3v) is 5.41. The van der Waals surface area contributed by atoms with Gasteiger partial charge in [0.1, 0.15) is 0 Å². The third kappa shape index (κ3) is 4.72. The predicted molar refractivity (Wildman–Crippen MR) is 119 cm³/mol.